The second-order valence-corrected chi connectivity index (χ2v) is 7.49. The number of benzene rings is 1. The Labute approximate surface area is 173 Å². The van der Waals surface area contributed by atoms with E-state index >= 15 is 0 Å². The van der Waals surface area contributed by atoms with Crippen LogP contribution in [-0.2, 0) is 11.2 Å². The second-order valence-electron chi connectivity index (χ2n) is 7.18. The Balaban J connectivity index is 1.83. The molecule has 7 heteroatoms. The first-order valence-electron chi connectivity index (χ1n) is 9.45. The van der Waals surface area contributed by atoms with Crippen molar-refractivity contribution in [3.63, 3.8) is 0 Å². The van der Waals surface area contributed by atoms with Crippen LogP contribution >= 0.6 is 11.6 Å². The highest BCUT2D eigenvalue weighted by Crippen LogP contribution is 2.40. The van der Waals surface area contributed by atoms with E-state index in [0.717, 1.165) is 34.7 Å². The first-order chi connectivity index (χ1) is 14.0. The van der Waals surface area contributed by atoms with Gasteiger partial charge in [-0.05, 0) is 36.6 Å². The number of carbonyl (C=O) groups excluding carboxylic acids is 2. The van der Waals surface area contributed by atoms with E-state index in [1.165, 1.54) is 6.92 Å². The molecule has 1 aromatic carbocycles. The minimum atomic E-state index is -0.191. The molecule has 2 heterocycles. The fourth-order valence-corrected chi connectivity index (χ4v) is 3.91. The van der Waals surface area contributed by atoms with Crippen molar-refractivity contribution >= 4 is 40.5 Å². The van der Waals surface area contributed by atoms with Crippen LogP contribution in [0.5, 0.6) is 0 Å². The summed E-state index contributed by atoms with van der Waals surface area (Å²) in [6, 6.07) is 13.4. The Hall–Kier alpha value is -3.12. The summed E-state index contributed by atoms with van der Waals surface area (Å²) in [5.41, 5.74) is 4.81. The zero-order chi connectivity index (χ0) is 20.4. The van der Waals surface area contributed by atoms with Crippen LogP contribution in [0.4, 0.5) is 17.2 Å². The predicted octanol–water partition coefficient (Wildman–Crippen LogP) is 4.76. The van der Waals surface area contributed by atoms with Crippen LogP contribution in [0, 0.1) is 5.92 Å². The fourth-order valence-electron chi connectivity index (χ4n) is 3.69. The minimum Gasteiger partial charge on any atom is -0.356 e. The summed E-state index contributed by atoms with van der Waals surface area (Å²) in [6.07, 6.45) is 2.79. The molecule has 0 saturated heterocycles. The maximum atomic E-state index is 12.9. The molecule has 0 radical (unpaired) electrons. The molecule has 29 heavy (non-hydrogen) atoms. The number of hydrogen-bond acceptors (Lipinski definition) is 4. The molecule has 1 amide bonds. The van der Waals surface area contributed by atoms with Gasteiger partial charge in [-0.1, -0.05) is 18.2 Å². The number of para-hydroxylation sites is 1. The summed E-state index contributed by atoms with van der Waals surface area (Å²) < 4.78 is 0. The number of rotatable bonds is 5. The number of aromatic nitrogens is 2. The summed E-state index contributed by atoms with van der Waals surface area (Å²) in [7, 11) is 0. The number of carbonyl (C=O) groups is 2. The molecule has 0 fully saturated rings. The monoisotopic (exact) mass is 408 g/mol. The lowest BCUT2D eigenvalue weighted by Crippen LogP contribution is -2.21. The van der Waals surface area contributed by atoms with Gasteiger partial charge in [0, 0.05) is 42.4 Å². The van der Waals surface area contributed by atoms with Crippen molar-refractivity contribution in [3.8, 4) is 11.3 Å². The predicted molar refractivity (Wildman–Crippen MR) is 115 cm³/mol. The number of H-pyrrole nitrogens is 1. The van der Waals surface area contributed by atoms with Gasteiger partial charge in [-0.25, -0.2) is 4.98 Å². The number of aromatic amines is 1. The summed E-state index contributed by atoms with van der Waals surface area (Å²) in [6.45, 7) is 1.44. The van der Waals surface area contributed by atoms with Crippen molar-refractivity contribution in [1.29, 1.82) is 0 Å². The van der Waals surface area contributed by atoms with Crippen LogP contribution in [0.2, 0.25) is 0 Å². The highest BCUT2D eigenvalue weighted by Gasteiger charge is 2.31. The molecule has 0 aliphatic heterocycles. The lowest BCUT2D eigenvalue weighted by atomic mass is 9.87. The molecular weight excluding hydrogens is 388 g/mol. The molecule has 1 atom stereocenters. The van der Waals surface area contributed by atoms with Crippen molar-refractivity contribution in [2.24, 2.45) is 5.92 Å². The smallest absolute Gasteiger partial charge is 0.222 e. The molecule has 4 rings (SSSR count). The Kier molecular flexibility index (Phi) is 5.36. The Morgan fingerprint density at radius 1 is 1.24 bits per heavy atom. The van der Waals surface area contributed by atoms with Crippen molar-refractivity contribution in [2.45, 2.75) is 19.8 Å². The third kappa shape index (κ3) is 4.03. The van der Waals surface area contributed by atoms with Crippen molar-refractivity contribution in [1.82, 2.24) is 9.97 Å². The van der Waals surface area contributed by atoms with E-state index < -0.39 is 0 Å². The van der Waals surface area contributed by atoms with Gasteiger partial charge >= 0.3 is 0 Å². The number of alkyl halides is 1. The van der Waals surface area contributed by atoms with Gasteiger partial charge in [0.05, 0.1) is 16.9 Å². The SMILES string of the molecule is CC(=O)Nc1cc(-c2[nH]c3c(c2Nc2ccccc2)C(=O)CC(CCl)C3)ccn1. The van der Waals surface area contributed by atoms with Crippen LogP contribution in [0.1, 0.15) is 29.4 Å². The number of pyridine rings is 1. The van der Waals surface area contributed by atoms with E-state index in [1.807, 2.05) is 36.4 Å². The van der Waals surface area contributed by atoms with Gasteiger partial charge in [-0.2, -0.15) is 0 Å². The Bertz CT molecular complexity index is 1060. The van der Waals surface area contributed by atoms with Gasteiger partial charge in [0.2, 0.25) is 5.91 Å². The van der Waals surface area contributed by atoms with Crippen molar-refractivity contribution < 1.29 is 9.59 Å². The summed E-state index contributed by atoms with van der Waals surface area (Å²) in [4.78, 5) is 32.0. The normalized spacial score (nSPS) is 15.7. The van der Waals surface area contributed by atoms with E-state index in [-0.39, 0.29) is 17.6 Å². The van der Waals surface area contributed by atoms with Crippen molar-refractivity contribution in [2.75, 3.05) is 16.5 Å². The van der Waals surface area contributed by atoms with Crippen LogP contribution in [0.3, 0.4) is 0 Å². The number of Topliss-reactive ketones (excluding diaryl/α,β-unsaturated/α-hetero) is 1. The molecule has 1 aliphatic carbocycles. The molecule has 0 spiro atoms. The molecule has 148 valence electrons. The average Bonchev–Trinajstić information content (AvgIpc) is 3.07. The molecule has 0 saturated carbocycles. The zero-order valence-corrected chi connectivity index (χ0v) is 16.7. The first kappa shape index (κ1) is 19.2. The number of ketones is 1. The number of hydrogen-bond donors (Lipinski definition) is 3. The zero-order valence-electron chi connectivity index (χ0n) is 16.0. The van der Waals surface area contributed by atoms with E-state index in [1.54, 1.807) is 12.3 Å². The first-order valence-corrected chi connectivity index (χ1v) is 9.98. The maximum Gasteiger partial charge on any atom is 0.222 e. The van der Waals surface area contributed by atoms with E-state index in [0.29, 0.717) is 23.7 Å². The van der Waals surface area contributed by atoms with Gasteiger partial charge in [0.15, 0.2) is 5.78 Å². The van der Waals surface area contributed by atoms with Crippen LogP contribution < -0.4 is 10.6 Å². The number of nitrogens with one attached hydrogen (secondary N) is 3. The van der Waals surface area contributed by atoms with Gasteiger partial charge in [-0.15, -0.1) is 11.6 Å². The standard InChI is InChI=1S/C22H21ClN4O2/c1-13(28)25-19-11-15(7-8-24-19)21-22(26-16-5-3-2-4-6-16)20-17(27-21)9-14(12-23)10-18(20)29/h2-8,11,14,26-27H,9-10,12H2,1H3,(H,24,25,28). The number of halogens is 1. The summed E-state index contributed by atoms with van der Waals surface area (Å²) in [5.74, 6) is 0.915. The third-order valence-corrected chi connectivity index (χ3v) is 5.37. The lowest BCUT2D eigenvalue weighted by molar-refractivity contribution is -0.114. The quantitative estimate of drug-likeness (QED) is 0.531. The van der Waals surface area contributed by atoms with E-state index in [4.69, 9.17) is 11.6 Å². The van der Waals surface area contributed by atoms with E-state index in [9.17, 15) is 9.59 Å². The molecule has 3 aromatic rings. The van der Waals surface area contributed by atoms with E-state index in [2.05, 4.69) is 20.6 Å². The molecule has 0 bridgehead atoms. The number of amides is 1. The van der Waals surface area contributed by atoms with Gasteiger partial charge in [0.1, 0.15) is 5.82 Å². The summed E-state index contributed by atoms with van der Waals surface area (Å²) in [5, 5.41) is 6.11. The maximum absolute atomic E-state index is 12.9. The highest BCUT2D eigenvalue weighted by atomic mass is 35.5. The minimum absolute atomic E-state index is 0.0778. The lowest BCUT2D eigenvalue weighted by Gasteiger charge is -2.20. The molecular formula is C22H21ClN4O2. The van der Waals surface area contributed by atoms with Gasteiger partial charge in [-0.3, -0.25) is 9.59 Å². The second kappa shape index (κ2) is 8.09. The van der Waals surface area contributed by atoms with Crippen LogP contribution in [0.15, 0.2) is 48.7 Å². The molecule has 1 unspecified atom stereocenters. The van der Waals surface area contributed by atoms with Gasteiger partial charge < -0.3 is 15.6 Å². The Morgan fingerprint density at radius 2 is 2.03 bits per heavy atom. The molecule has 1 aliphatic rings. The summed E-state index contributed by atoms with van der Waals surface area (Å²) >= 11 is 6.04. The fraction of sp³-hybridized carbons (Fsp3) is 0.227. The van der Waals surface area contributed by atoms with Crippen LogP contribution in [0.25, 0.3) is 11.3 Å². The molecule has 6 nitrogen and oxygen atoms in total. The van der Waals surface area contributed by atoms with Crippen molar-refractivity contribution in [3.05, 3.63) is 59.9 Å². The van der Waals surface area contributed by atoms with Crippen LogP contribution in [-0.4, -0.2) is 27.5 Å². The third-order valence-electron chi connectivity index (χ3n) is 4.94. The van der Waals surface area contributed by atoms with Gasteiger partial charge in [0.25, 0.3) is 0 Å². The highest BCUT2D eigenvalue weighted by molar-refractivity contribution is 6.18. The number of nitrogens with zero attached hydrogens (tertiary/aromatic N) is 1. The number of anilines is 3. The average molecular weight is 409 g/mol. The molecule has 2 aromatic heterocycles. The largest absolute Gasteiger partial charge is 0.356 e. The Morgan fingerprint density at radius 3 is 2.76 bits per heavy atom. The molecule has 3 N–H and O–H groups in total. The topological polar surface area (TPSA) is 86.9 Å². The number of fused-ring (bicyclic) bond motifs is 1.